The van der Waals surface area contributed by atoms with E-state index in [1.165, 1.54) is 6.33 Å². The molecule has 0 aliphatic rings. The molecule has 3 rings (SSSR count). The number of nitrogens with two attached hydrogens (primary N) is 1. The third-order valence-electron chi connectivity index (χ3n) is 3.84. The number of aldehydes is 1. The quantitative estimate of drug-likeness (QED) is 0.382. The highest BCUT2D eigenvalue weighted by molar-refractivity contribution is 7.57. The summed E-state index contributed by atoms with van der Waals surface area (Å²) in [7, 11) is -3.43. The number of fused-ring (bicyclic) bond motifs is 1. The number of nitrogens with zero attached hydrogens (tertiary/aromatic N) is 4. The summed E-state index contributed by atoms with van der Waals surface area (Å²) < 4.78 is 26.0. The van der Waals surface area contributed by atoms with Crippen LogP contribution in [0.3, 0.4) is 0 Å². The molecule has 3 aromatic rings. The van der Waals surface area contributed by atoms with E-state index < -0.39 is 7.52 Å². The molecule has 2 atom stereocenters. The zero-order valence-corrected chi connectivity index (χ0v) is 16.2. The van der Waals surface area contributed by atoms with Crippen LogP contribution in [0.5, 0.6) is 5.75 Å². The molecule has 0 fully saturated rings. The van der Waals surface area contributed by atoms with E-state index in [0.29, 0.717) is 24.1 Å². The Morgan fingerprint density at radius 2 is 2.11 bits per heavy atom. The molecule has 28 heavy (non-hydrogen) atoms. The number of hydrogen-bond donors (Lipinski definition) is 2. The zero-order chi connectivity index (χ0) is 20.0. The van der Waals surface area contributed by atoms with Gasteiger partial charge in [-0.2, -0.15) is 5.10 Å². The van der Waals surface area contributed by atoms with E-state index in [0.717, 1.165) is 5.69 Å². The van der Waals surface area contributed by atoms with Crippen LogP contribution in [0.25, 0.3) is 5.65 Å². The van der Waals surface area contributed by atoms with Gasteiger partial charge in [0.1, 0.15) is 24.7 Å². The number of imidazole rings is 1. The Morgan fingerprint density at radius 1 is 1.32 bits per heavy atom. The van der Waals surface area contributed by atoms with Crippen molar-refractivity contribution < 1.29 is 18.6 Å². The highest BCUT2D eigenvalue weighted by Crippen LogP contribution is 2.43. The smallest absolute Gasteiger partial charge is 0.342 e. The molecule has 2 heterocycles. The van der Waals surface area contributed by atoms with Gasteiger partial charge in [0, 0.05) is 6.42 Å². The van der Waals surface area contributed by atoms with E-state index in [1.54, 1.807) is 35.0 Å². The highest BCUT2D eigenvalue weighted by Gasteiger charge is 2.26. The normalized spacial score (nSPS) is 14.5. The van der Waals surface area contributed by atoms with Crippen LogP contribution in [0.15, 0.2) is 42.9 Å². The summed E-state index contributed by atoms with van der Waals surface area (Å²) in [5.41, 5.74) is 7.02. The van der Waals surface area contributed by atoms with Crippen molar-refractivity contribution in [3.05, 3.63) is 48.5 Å². The van der Waals surface area contributed by atoms with Crippen molar-refractivity contribution in [1.82, 2.24) is 24.7 Å². The third-order valence-corrected chi connectivity index (χ3v) is 5.50. The molecule has 0 aliphatic carbocycles. The van der Waals surface area contributed by atoms with Crippen molar-refractivity contribution in [3.8, 4) is 5.75 Å². The van der Waals surface area contributed by atoms with E-state index in [1.807, 2.05) is 13.0 Å². The lowest BCUT2D eigenvalue weighted by atomic mass is 10.2. The number of hydrogen-bond acceptors (Lipinski definition) is 8. The van der Waals surface area contributed by atoms with Gasteiger partial charge >= 0.3 is 7.52 Å². The third kappa shape index (κ3) is 4.92. The summed E-state index contributed by atoms with van der Waals surface area (Å²) in [5.74, 6) is 0.711. The lowest BCUT2D eigenvalue weighted by Gasteiger charge is -2.21. The van der Waals surface area contributed by atoms with Crippen LogP contribution < -0.4 is 15.3 Å². The molecular weight excluding hydrogens is 383 g/mol. The predicted octanol–water partition coefficient (Wildman–Crippen LogP) is 1.67. The monoisotopic (exact) mass is 404 g/mol. The Kier molecular flexibility index (Phi) is 6.35. The summed E-state index contributed by atoms with van der Waals surface area (Å²) >= 11 is 0. The first-order valence-electron chi connectivity index (χ1n) is 8.58. The number of para-hydroxylation sites is 1. The fraction of sp³-hybridized carbons (Fsp3) is 0.294. The number of ether oxygens (including phenoxy) is 1. The molecule has 0 bridgehead atoms. The van der Waals surface area contributed by atoms with Crippen LogP contribution >= 0.6 is 7.52 Å². The Labute approximate surface area is 161 Å². The Hall–Kier alpha value is -2.81. The van der Waals surface area contributed by atoms with E-state index in [9.17, 15) is 9.36 Å². The minimum atomic E-state index is -3.43. The highest BCUT2D eigenvalue weighted by atomic mass is 31.2. The predicted molar refractivity (Wildman–Crippen MR) is 103 cm³/mol. The lowest BCUT2D eigenvalue weighted by molar-refractivity contribution is -0.106. The average molecular weight is 404 g/mol. The fourth-order valence-electron chi connectivity index (χ4n) is 2.53. The minimum Gasteiger partial charge on any atom is -0.431 e. The standard InChI is InChI=1S/C17H21N6O4P/c1-13(9-14-10-19-17-16(18)20-11-21-23(14)17)26-12-28(25,22-7-8-24)27-15-5-3-2-4-6-15/h2-6,8,10-11,13H,7,9,12H2,1H3,(H,22,25)(H2,18,20,21)/t13-,28?/m1/s1. The summed E-state index contributed by atoms with van der Waals surface area (Å²) in [4.78, 5) is 18.8. The molecule has 10 nitrogen and oxygen atoms in total. The molecule has 3 N–H and O–H groups in total. The summed E-state index contributed by atoms with van der Waals surface area (Å²) in [6, 6.07) is 8.71. The van der Waals surface area contributed by atoms with Crippen molar-refractivity contribution in [1.29, 1.82) is 0 Å². The number of aromatic nitrogens is 4. The van der Waals surface area contributed by atoms with Crippen LogP contribution in [0, 0.1) is 0 Å². The second-order valence-corrected chi connectivity index (χ2v) is 8.15. The molecular formula is C17H21N6O4P. The SMILES string of the molecule is C[C@H](Cc1cnc2c(N)ncnn12)OCP(=O)(NCC=O)Oc1ccccc1. The van der Waals surface area contributed by atoms with Gasteiger partial charge in [-0.3, -0.25) is 4.57 Å². The first kappa shape index (κ1) is 19.9. The molecule has 1 unspecified atom stereocenters. The molecule has 1 aromatic carbocycles. The van der Waals surface area contributed by atoms with Gasteiger partial charge in [-0.05, 0) is 19.1 Å². The first-order valence-corrected chi connectivity index (χ1v) is 10.4. The van der Waals surface area contributed by atoms with Crippen molar-refractivity contribution in [2.75, 3.05) is 18.6 Å². The number of carbonyl (C=O) groups is 1. The van der Waals surface area contributed by atoms with Gasteiger partial charge in [0.15, 0.2) is 11.5 Å². The number of nitrogens with one attached hydrogen (secondary N) is 1. The van der Waals surface area contributed by atoms with Crippen molar-refractivity contribution in [2.24, 2.45) is 0 Å². The lowest BCUT2D eigenvalue weighted by Crippen LogP contribution is -2.23. The van der Waals surface area contributed by atoms with Gasteiger partial charge in [-0.25, -0.2) is 19.6 Å². The van der Waals surface area contributed by atoms with Crippen molar-refractivity contribution >= 4 is 25.3 Å². The molecule has 0 amide bonds. The maximum atomic E-state index is 13.0. The average Bonchev–Trinajstić information content (AvgIpc) is 3.10. The Balaban J connectivity index is 1.65. The zero-order valence-electron chi connectivity index (χ0n) is 15.3. The van der Waals surface area contributed by atoms with Gasteiger partial charge in [0.2, 0.25) is 0 Å². The molecule has 148 valence electrons. The van der Waals surface area contributed by atoms with Crippen LogP contribution in [0.1, 0.15) is 12.6 Å². The minimum absolute atomic E-state index is 0.106. The number of nitrogen functional groups attached to an aromatic ring is 1. The molecule has 0 radical (unpaired) electrons. The number of rotatable bonds is 10. The van der Waals surface area contributed by atoms with Crippen LogP contribution in [0.4, 0.5) is 5.82 Å². The fourth-order valence-corrected chi connectivity index (χ4v) is 4.01. The Morgan fingerprint density at radius 3 is 2.86 bits per heavy atom. The molecule has 0 saturated carbocycles. The summed E-state index contributed by atoms with van der Waals surface area (Å²) in [5, 5.41) is 6.77. The van der Waals surface area contributed by atoms with E-state index in [-0.39, 0.29) is 24.8 Å². The second-order valence-electron chi connectivity index (χ2n) is 6.05. The molecule has 0 spiro atoms. The Bertz CT molecular complexity index is 980. The van der Waals surface area contributed by atoms with Gasteiger partial charge in [0.05, 0.1) is 24.5 Å². The molecule has 2 aromatic heterocycles. The van der Waals surface area contributed by atoms with Crippen molar-refractivity contribution in [2.45, 2.75) is 19.4 Å². The van der Waals surface area contributed by atoms with E-state index in [2.05, 4.69) is 20.2 Å². The topological polar surface area (TPSA) is 134 Å². The maximum Gasteiger partial charge on any atom is 0.342 e. The number of anilines is 1. The summed E-state index contributed by atoms with van der Waals surface area (Å²) in [6.07, 6.45) is 3.55. The number of carbonyl (C=O) groups excluding carboxylic acids is 1. The summed E-state index contributed by atoms with van der Waals surface area (Å²) in [6.45, 7) is 1.72. The van der Waals surface area contributed by atoms with Gasteiger partial charge in [0.25, 0.3) is 0 Å². The largest absolute Gasteiger partial charge is 0.431 e. The molecule has 11 heteroatoms. The second kappa shape index (κ2) is 8.92. The van der Waals surface area contributed by atoms with Gasteiger partial charge < -0.3 is 19.8 Å². The van der Waals surface area contributed by atoms with E-state index in [4.69, 9.17) is 15.0 Å². The van der Waals surface area contributed by atoms with Gasteiger partial charge in [-0.1, -0.05) is 18.2 Å². The first-order chi connectivity index (χ1) is 13.5. The maximum absolute atomic E-state index is 13.0. The van der Waals surface area contributed by atoms with Crippen LogP contribution in [-0.2, 0) is 20.5 Å². The molecule has 0 saturated heterocycles. The van der Waals surface area contributed by atoms with Crippen LogP contribution in [-0.4, -0.2) is 44.9 Å². The number of benzene rings is 1. The molecule has 0 aliphatic heterocycles. The van der Waals surface area contributed by atoms with E-state index >= 15 is 0 Å². The van der Waals surface area contributed by atoms with Gasteiger partial charge in [-0.15, -0.1) is 0 Å². The van der Waals surface area contributed by atoms with Crippen LogP contribution in [0.2, 0.25) is 0 Å². The van der Waals surface area contributed by atoms with Crippen molar-refractivity contribution in [3.63, 3.8) is 0 Å².